The van der Waals surface area contributed by atoms with Gasteiger partial charge in [0, 0.05) is 11.1 Å². The van der Waals surface area contributed by atoms with E-state index >= 15 is 0 Å². The number of hydrogen-bond donors (Lipinski definition) is 3. The van der Waals surface area contributed by atoms with E-state index in [9.17, 15) is 15.3 Å². The highest BCUT2D eigenvalue weighted by Gasteiger charge is 2.16. The number of aliphatic hydroxyl groups excluding tert-OH is 1. The Kier molecular flexibility index (Phi) is 2.97. The SMILES string of the molecule is OC(=S)c1ccc(O)c(O)c1-c1ccccc1. The zero-order chi connectivity index (χ0) is 12.4. The van der Waals surface area contributed by atoms with Crippen LogP contribution in [0.1, 0.15) is 5.56 Å². The van der Waals surface area contributed by atoms with Crippen LogP contribution in [0, 0.1) is 0 Å². The first-order valence-electron chi connectivity index (χ1n) is 4.95. The van der Waals surface area contributed by atoms with Gasteiger partial charge in [-0.25, -0.2) is 0 Å². The van der Waals surface area contributed by atoms with Crippen LogP contribution >= 0.6 is 12.2 Å². The third-order valence-electron chi connectivity index (χ3n) is 2.45. The van der Waals surface area contributed by atoms with Gasteiger partial charge in [0.1, 0.15) is 0 Å². The summed E-state index contributed by atoms with van der Waals surface area (Å²) in [5, 5.41) is 28.5. The molecule has 0 bridgehead atoms. The molecule has 0 aliphatic carbocycles. The van der Waals surface area contributed by atoms with Crippen LogP contribution in [0.25, 0.3) is 11.1 Å². The third-order valence-corrected chi connectivity index (χ3v) is 2.67. The van der Waals surface area contributed by atoms with E-state index in [1.165, 1.54) is 12.1 Å². The molecule has 2 rings (SSSR count). The van der Waals surface area contributed by atoms with E-state index in [4.69, 9.17) is 12.2 Å². The van der Waals surface area contributed by atoms with Crippen molar-refractivity contribution in [3.05, 3.63) is 48.0 Å². The highest BCUT2D eigenvalue weighted by atomic mass is 32.1. The lowest BCUT2D eigenvalue weighted by atomic mass is 9.98. The number of thiocarbonyl (C=S) groups is 1. The number of aliphatic hydroxyl groups is 1. The van der Waals surface area contributed by atoms with Gasteiger partial charge in [-0.15, -0.1) is 0 Å². The van der Waals surface area contributed by atoms with Crippen molar-refractivity contribution in [2.45, 2.75) is 0 Å². The molecule has 0 saturated carbocycles. The maximum absolute atomic E-state index is 9.86. The summed E-state index contributed by atoms with van der Waals surface area (Å²) in [6, 6.07) is 11.7. The average molecular weight is 246 g/mol. The molecule has 0 fully saturated rings. The van der Waals surface area contributed by atoms with Crippen LogP contribution in [0.15, 0.2) is 42.5 Å². The summed E-state index contributed by atoms with van der Waals surface area (Å²) in [4.78, 5) is 0. The third kappa shape index (κ3) is 2.07. The van der Waals surface area contributed by atoms with Gasteiger partial charge >= 0.3 is 0 Å². The Hall–Kier alpha value is -2.07. The van der Waals surface area contributed by atoms with Gasteiger partial charge in [-0.2, -0.15) is 0 Å². The summed E-state index contributed by atoms with van der Waals surface area (Å²) >= 11 is 4.72. The van der Waals surface area contributed by atoms with Crippen molar-refractivity contribution >= 4 is 17.3 Å². The molecule has 86 valence electrons. The van der Waals surface area contributed by atoms with Crippen LogP contribution in [-0.2, 0) is 0 Å². The van der Waals surface area contributed by atoms with Crippen LogP contribution in [0.5, 0.6) is 11.5 Å². The Labute approximate surface area is 104 Å². The van der Waals surface area contributed by atoms with E-state index in [-0.39, 0.29) is 16.5 Å². The molecule has 0 radical (unpaired) electrons. The highest BCUT2D eigenvalue weighted by Crippen LogP contribution is 2.39. The molecule has 0 aromatic heterocycles. The molecule has 0 unspecified atom stereocenters. The van der Waals surface area contributed by atoms with Gasteiger partial charge < -0.3 is 15.3 Å². The van der Waals surface area contributed by atoms with Crippen molar-refractivity contribution in [3.63, 3.8) is 0 Å². The van der Waals surface area contributed by atoms with Crippen molar-refractivity contribution in [1.82, 2.24) is 0 Å². The maximum atomic E-state index is 9.86. The molecule has 0 saturated heterocycles. The average Bonchev–Trinajstić information content (AvgIpc) is 2.33. The molecular formula is C13H10O3S. The minimum absolute atomic E-state index is 0.246. The van der Waals surface area contributed by atoms with E-state index in [1.807, 2.05) is 6.07 Å². The summed E-state index contributed by atoms with van der Waals surface area (Å²) in [5.41, 5.74) is 1.33. The Bertz CT molecular complexity index is 564. The molecule has 2 aromatic rings. The molecular weight excluding hydrogens is 236 g/mol. The molecule has 4 heteroatoms. The van der Waals surface area contributed by atoms with Gasteiger partial charge in [0.25, 0.3) is 0 Å². The lowest BCUT2D eigenvalue weighted by molar-refractivity contribution is 0.405. The van der Waals surface area contributed by atoms with Crippen LogP contribution < -0.4 is 0 Å². The van der Waals surface area contributed by atoms with Crippen molar-refractivity contribution in [2.75, 3.05) is 0 Å². The number of phenols is 2. The minimum atomic E-state index is -0.320. The minimum Gasteiger partial charge on any atom is -0.504 e. The number of rotatable bonds is 2. The smallest absolute Gasteiger partial charge is 0.189 e. The highest BCUT2D eigenvalue weighted by molar-refractivity contribution is 7.80. The van der Waals surface area contributed by atoms with Crippen LogP contribution in [0.3, 0.4) is 0 Å². The summed E-state index contributed by atoms with van der Waals surface area (Å²) < 4.78 is 0. The molecule has 0 aliphatic heterocycles. The van der Waals surface area contributed by atoms with Crippen molar-refractivity contribution in [1.29, 1.82) is 0 Å². The zero-order valence-electron chi connectivity index (χ0n) is 8.79. The monoisotopic (exact) mass is 246 g/mol. The van der Waals surface area contributed by atoms with E-state index in [2.05, 4.69) is 0 Å². The second-order valence-corrected chi connectivity index (χ2v) is 3.91. The quantitative estimate of drug-likeness (QED) is 0.563. The van der Waals surface area contributed by atoms with Crippen LogP contribution in [0.2, 0.25) is 0 Å². The maximum Gasteiger partial charge on any atom is 0.189 e. The zero-order valence-corrected chi connectivity index (χ0v) is 9.61. The second-order valence-electron chi connectivity index (χ2n) is 3.53. The lowest BCUT2D eigenvalue weighted by Crippen LogP contribution is -1.98. The molecule has 3 N–H and O–H groups in total. The molecule has 0 atom stereocenters. The molecule has 3 nitrogen and oxygen atoms in total. The first-order valence-corrected chi connectivity index (χ1v) is 5.35. The topological polar surface area (TPSA) is 60.7 Å². The van der Waals surface area contributed by atoms with Crippen molar-refractivity contribution in [3.8, 4) is 22.6 Å². The fourth-order valence-corrected chi connectivity index (χ4v) is 1.83. The summed E-state index contributed by atoms with van der Waals surface area (Å²) in [6.07, 6.45) is 0. The number of benzene rings is 2. The Balaban J connectivity index is 2.74. The Morgan fingerprint density at radius 1 is 0.941 bits per heavy atom. The van der Waals surface area contributed by atoms with Gasteiger partial charge in [0.15, 0.2) is 16.5 Å². The second kappa shape index (κ2) is 4.43. The summed E-state index contributed by atoms with van der Waals surface area (Å²) in [5.74, 6) is -0.533. The normalized spacial score (nSPS) is 10.1. The van der Waals surface area contributed by atoms with Gasteiger partial charge in [0.05, 0.1) is 0 Å². The molecule has 0 spiro atoms. The van der Waals surface area contributed by atoms with E-state index in [0.29, 0.717) is 16.7 Å². The number of hydrogen-bond acceptors (Lipinski definition) is 3. The Morgan fingerprint density at radius 2 is 1.59 bits per heavy atom. The molecule has 0 amide bonds. The number of aromatic hydroxyl groups is 2. The fraction of sp³-hybridized carbons (Fsp3) is 0. The van der Waals surface area contributed by atoms with Gasteiger partial charge in [-0.3, -0.25) is 0 Å². The van der Waals surface area contributed by atoms with E-state index in [0.717, 1.165) is 0 Å². The molecule has 0 aliphatic rings. The summed E-state index contributed by atoms with van der Waals surface area (Å²) in [6.45, 7) is 0. The van der Waals surface area contributed by atoms with Crippen LogP contribution in [-0.4, -0.2) is 20.4 Å². The fourth-order valence-electron chi connectivity index (χ4n) is 1.66. The number of phenolic OH excluding ortho intramolecular Hbond substituents is 2. The van der Waals surface area contributed by atoms with Crippen molar-refractivity contribution in [2.24, 2.45) is 0 Å². The predicted molar refractivity (Wildman–Crippen MR) is 69.5 cm³/mol. The summed E-state index contributed by atoms with van der Waals surface area (Å²) in [7, 11) is 0. The molecule has 17 heavy (non-hydrogen) atoms. The predicted octanol–water partition coefficient (Wildman–Crippen LogP) is 3.00. The van der Waals surface area contributed by atoms with Gasteiger partial charge in [0.2, 0.25) is 0 Å². The lowest BCUT2D eigenvalue weighted by Gasteiger charge is -2.11. The van der Waals surface area contributed by atoms with Gasteiger partial charge in [-0.05, 0) is 29.9 Å². The van der Waals surface area contributed by atoms with E-state index < -0.39 is 0 Å². The van der Waals surface area contributed by atoms with Crippen molar-refractivity contribution < 1.29 is 15.3 Å². The largest absolute Gasteiger partial charge is 0.504 e. The van der Waals surface area contributed by atoms with E-state index in [1.54, 1.807) is 24.3 Å². The Morgan fingerprint density at radius 3 is 2.18 bits per heavy atom. The van der Waals surface area contributed by atoms with Crippen LogP contribution in [0.4, 0.5) is 0 Å². The first-order chi connectivity index (χ1) is 8.11. The molecule has 2 aromatic carbocycles. The standard InChI is InChI=1S/C13H10O3S/c14-10-7-6-9(13(16)17)11(12(10)15)8-4-2-1-3-5-8/h1-7,14-15H,(H,16,17). The molecule has 0 heterocycles. The van der Waals surface area contributed by atoms with Gasteiger partial charge in [-0.1, -0.05) is 30.3 Å². The first kappa shape index (κ1) is 11.4.